The van der Waals surface area contributed by atoms with Gasteiger partial charge in [0.25, 0.3) is 5.91 Å². The minimum Gasteiger partial charge on any atom is -0.478 e. The molecule has 0 radical (unpaired) electrons. The third-order valence-corrected chi connectivity index (χ3v) is 3.81. The molecule has 2 aromatic carbocycles. The molecule has 3 rings (SSSR count). The van der Waals surface area contributed by atoms with E-state index < -0.39 is 6.10 Å². The first-order valence-electron chi connectivity index (χ1n) is 7.60. The van der Waals surface area contributed by atoms with Crippen molar-refractivity contribution in [1.82, 2.24) is 0 Å². The molecule has 1 atom stereocenters. The van der Waals surface area contributed by atoms with Crippen LogP contribution < -0.4 is 15.4 Å². The molecule has 114 valence electrons. The highest BCUT2D eigenvalue weighted by Crippen LogP contribution is 2.34. The summed E-state index contributed by atoms with van der Waals surface area (Å²) >= 11 is 0. The maximum atomic E-state index is 12.7. The lowest BCUT2D eigenvalue weighted by atomic mass is 10.0. The van der Waals surface area contributed by atoms with Crippen LogP contribution in [-0.4, -0.2) is 18.6 Å². The van der Waals surface area contributed by atoms with Crippen LogP contribution in [0.4, 0.5) is 11.4 Å². The van der Waals surface area contributed by atoms with Crippen LogP contribution in [0.3, 0.4) is 0 Å². The van der Waals surface area contributed by atoms with Gasteiger partial charge in [0.2, 0.25) is 0 Å². The molecule has 1 aliphatic rings. The number of rotatable bonds is 4. The number of hydrogen-bond donors (Lipinski definition) is 1. The topological polar surface area (TPSA) is 55.6 Å². The molecule has 0 aromatic heterocycles. The molecule has 0 saturated carbocycles. The first-order chi connectivity index (χ1) is 10.7. The van der Waals surface area contributed by atoms with Crippen LogP contribution in [0, 0.1) is 0 Å². The molecule has 2 N–H and O–H groups in total. The number of fused-ring (bicyclic) bond motifs is 1. The van der Waals surface area contributed by atoms with Gasteiger partial charge in [-0.15, -0.1) is 0 Å². The van der Waals surface area contributed by atoms with Crippen LogP contribution in [0.25, 0.3) is 0 Å². The van der Waals surface area contributed by atoms with Crippen LogP contribution >= 0.6 is 0 Å². The molecule has 2 aromatic rings. The second-order valence-electron chi connectivity index (χ2n) is 5.51. The molecule has 0 bridgehead atoms. The Labute approximate surface area is 130 Å². The van der Waals surface area contributed by atoms with Gasteiger partial charge in [0.1, 0.15) is 5.75 Å². The molecule has 1 amide bonds. The van der Waals surface area contributed by atoms with E-state index >= 15 is 0 Å². The molecule has 1 aliphatic heterocycles. The van der Waals surface area contributed by atoms with E-state index in [1.54, 1.807) is 0 Å². The first kappa shape index (κ1) is 14.4. The van der Waals surface area contributed by atoms with E-state index in [1.807, 2.05) is 53.4 Å². The average Bonchev–Trinajstić information content (AvgIpc) is 2.53. The Morgan fingerprint density at radius 3 is 2.59 bits per heavy atom. The van der Waals surface area contributed by atoms with Crippen molar-refractivity contribution in [2.75, 3.05) is 17.2 Å². The zero-order valence-electron chi connectivity index (χ0n) is 12.7. The molecule has 4 heteroatoms. The number of nitrogens with two attached hydrogens (primary N) is 1. The minimum atomic E-state index is -0.481. The van der Waals surface area contributed by atoms with Crippen molar-refractivity contribution in [3.8, 4) is 5.75 Å². The maximum Gasteiger partial charge on any atom is 0.268 e. The predicted molar refractivity (Wildman–Crippen MR) is 88.1 cm³/mol. The van der Waals surface area contributed by atoms with E-state index in [2.05, 4.69) is 6.92 Å². The van der Waals surface area contributed by atoms with Gasteiger partial charge in [-0.1, -0.05) is 31.2 Å². The van der Waals surface area contributed by atoms with E-state index in [9.17, 15) is 4.79 Å². The van der Waals surface area contributed by atoms with Crippen LogP contribution in [0.15, 0.2) is 48.5 Å². The van der Waals surface area contributed by atoms with Gasteiger partial charge in [0.05, 0.1) is 5.69 Å². The summed E-state index contributed by atoms with van der Waals surface area (Å²) in [5, 5.41) is 0. The Morgan fingerprint density at radius 2 is 1.86 bits per heavy atom. The Bertz CT molecular complexity index is 667. The van der Waals surface area contributed by atoms with E-state index in [4.69, 9.17) is 10.5 Å². The lowest BCUT2D eigenvalue weighted by Crippen LogP contribution is -2.47. The van der Waals surface area contributed by atoms with Gasteiger partial charge < -0.3 is 15.4 Å². The fourth-order valence-corrected chi connectivity index (χ4v) is 2.73. The van der Waals surface area contributed by atoms with Crippen molar-refractivity contribution in [2.45, 2.75) is 25.9 Å². The molecule has 0 saturated heterocycles. The van der Waals surface area contributed by atoms with Crippen molar-refractivity contribution in [2.24, 2.45) is 0 Å². The fraction of sp³-hybridized carbons (Fsp3) is 0.278. The summed E-state index contributed by atoms with van der Waals surface area (Å²) in [6.07, 6.45) is 0.979. The molecular weight excluding hydrogens is 276 g/mol. The molecule has 0 spiro atoms. The van der Waals surface area contributed by atoms with Crippen molar-refractivity contribution >= 4 is 17.3 Å². The smallest absolute Gasteiger partial charge is 0.268 e. The number of carbonyl (C=O) groups is 1. The molecule has 4 nitrogen and oxygen atoms in total. The Balaban J connectivity index is 1.87. The molecule has 1 unspecified atom stereocenters. The fourth-order valence-electron chi connectivity index (χ4n) is 2.73. The van der Waals surface area contributed by atoms with Gasteiger partial charge in [-0.2, -0.15) is 0 Å². The Kier molecular flexibility index (Phi) is 4.00. The quantitative estimate of drug-likeness (QED) is 0.882. The van der Waals surface area contributed by atoms with Crippen molar-refractivity contribution in [1.29, 1.82) is 0 Å². The molecule has 1 heterocycles. The first-order valence-corrected chi connectivity index (χ1v) is 7.60. The number of amides is 1. The number of ether oxygens (including phenoxy) is 1. The van der Waals surface area contributed by atoms with Crippen molar-refractivity contribution in [3.63, 3.8) is 0 Å². The van der Waals surface area contributed by atoms with Crippen LogP contribution in [0.2, 0.25) is 0 Å². The summed E-state index contributed by atoms with van der Waals surface area (Å²) < 4.78 is 5.93. The van der Waals surface area contributed by atoms with Gasteiger partial charge in [-0.3, -0.25) is 4.79 Å². The lowest BCUT2D eigenvalue weighted by Gasteiger charge is -2.34. The van der Waals surface area contributed by atoms with Gasteiger partial charge in [-0.25, -0.2) is 0 Å². The lowest BCUT2D eigenvalue weighted by molar-refractivity contribution is -0.126. The maximum absolute atomic E-state index is 12.7. The van der Waals surface area contributed by atoms with Gasteiger partial charge in [0.15, 0.2) is 6.10 Å². The zero-order chi connectivity index (χ0) is 15.5. The van der Waals surface area contributed by atoms with Crippen LogP contribution in [0.5, 0.6) is 5.75 Å². The third-order valence-electron chi connectivity index (χ3n) is 3.81. The SMILES string of the molecule is CCCN1C(=O)C(Cc2ccc(N)cc2)Oc2ccccc21. The number of nitrogen functional groups attached to an aromatic ring is 1. The highest BCUT2D eigenvalue weighted by Gasteiger charge is 2.33. The molecule has 22 heavy (non-hydrogen) atoms. The second kappa shape index (κ2) is 6.10. The molecule has 0 aliphatic carbocycles. The number of nitrogens with zero attached hydrogens (tertiary/aromatic N) is 1. The van der Waals surface area contributed by atoms with Crippen LogP contribution in [0.1, 0.15) is 18.9 Å². The number of hydrogen-bond acceptors (Lipinski definition) is 3. The second-order valence-corrected chi connectivity index (χ2v) is 5.51. The summed E-state index contributed by atoms with van der Waals surface area (Å²) in [7, 11) is 0. The summed E-state index contributed by atoms with van der Waals surface area (Å²) in [5.74, 6) is 0.799. The standard InChI is InChI=1S/C18H20N2O2/c1-2-11-20-15-5-3-4-6-16(15)22-17(18(20)21)12-13-7-9-14(19)10-8-13/h3-10,17H,2,11-12,19H2,1H3. The predicted octanol–water partition coefficient (Wildman–Crippen LogP) is 3.02. The van der Waals surface area contributed by atoms with Crippen LogP contribution in [-0.2, 0) is 11.2 Å². The summed E-state index contributed by atoms with van der Waals surface area (Å²) in [4.78, 5) is 14.6. The third kappa shape index (κ3) is 2.77. The Morgan fingerprint density at radius 1 is 1.14 bits per heavy atom. The minimum absolute atomic E-state index is 0.0253. The largest absolute Gasteiger partial charge is 0.478 e. The van der Waals surface area contributed by atoms with E-state index in [1.165, 1.54) is 0 Å². The normalized spacial score (nSPS) is 17.0. The monoisotopic (exact) mass is 296 g/mol. The highest BCUT2D eigenvalue weighted by atomic mass is 16.5. The molecule has 0 fully saturated rings. The average molecular weight is 296 g/mol. The van der Waals surface area contributed by atoms with E-state index in [0.717, 1.165) is 29.1 Å². The number of carbonyl (C=O) groups excluding carboxylic acids is 1. The summed E-state index contributed by atoms with van der Waals surface area (Å²) in [6, 6.07) is 15.3. The number of anilines is 2. The highest BCUT2D eigenvalue weighted by molar-refractivity contribution is 6.00. The van der Waals surface area contributed by atoms with Crippen molar-refractivity contribution < 1.29 is 9.53 Å². The van der Waals surface area contributed by atoms with Crippen molar-refractivity contribution in [3.05, 3.63) is 54.1 Å². The van der Waals surface area contributed by atoms with Gasteiger partial charge in [0, 0.05) is 18.7 Å². The van der Waals surface area contributed by atoms with E-state index in [-0.39, 0.29) is 5.91 Å². The summed E-state index contributed by atoms with van der Waals surface area (Å²) in [6.45, 7) is 2.78. The summed E-state index contributed by atoms with van der Waals surface area (Å²) in [5.41, 5.74) is 8.33. The van der Waals surface area contributed by atoms with E-state index in [0.29, 0.717) is 13.0 Å². The number of benzene rings is 2. The zero-order valence-corrected chi connectivity index (χ0v) is 12.7. The van der Waals surface area contributed by atoms with Gasteiger partial charge >= 0.3 is 0 Å². The Hall–Kier alpha value is -2.49. The molecular formula is C18H20N2O2. The van der Waals surface area contributed by atoms with Gasteiger partial charge in [-0.05, 0) is 36.2 Å². The number of para-hydroxylation sites is 2.